The van der Waals surface area contributed by atoms with Gasteiger partial charge in [0.15, 0.2) is 9.84 Å². The van der Waals surface area contributed by atoms with Gasteiger partial charge in [-0.2, -0.15) is 0 Å². The van der Waals surface area contributed by atoms with Crippen molar-refractivity contribution >= 4 is 49.1 Å². The summed E-state index contributed by atoms with van der Waals surface area (Å²) >= 11 is 9.28. The molecule has 2 N–H and O–H groups in total. The van der Waals surface area contributed by atoms with Crippen LogP contribution in [0.25, 0.3) is 0 Å². The van der Waals surface area contributed by atoms with Gasteiger partial charge in [-0.25, -0.2) is 13.4 Å². The van der Waals surface area contributed by atoms with E-state index in [-0.39, 0.29) is 28.6 Å². The van der Waals surface area contributed by atoms with Crippen LogP contribution in [-0.4, -0.2) is 38.2 Å². The maximum absolute atomic E-state index is 12.9. The first-order chi connectivity index (χ1) is 14.6. The molecule has 0 radical (unpaired) electrons. The smallest absolute Gasteiger partial charge is 0.250 e. The number of halogens is 2. The van der Waals surface area contributed by atoms with Crippen LogP contribution in [0.5, 0.6) is 5.75 Å². The molecule has 0 unspecified atom stereocenters. The molecule has 0 atom stereocenters. The fourth-order valence-electron chi connectivity index (χ4n) is 2.93. The molecule has 0 aliphatic rings. The zero-order valence-corrected chi connectivity index (χ0v) is 20.6. The van der Waals surface area contributed by atoms with Crippen LogP contribution in [0.4, 0.5) is 5.82 Å². The van der Waals surface area contributed by atoms with Gasteiger partial charge in [-0.1, -0.05) is 41.0 Å². The quantitative estimate of drug-likeness (QED) is 0.465. The van der Waals surface area contributed by atoms with Crippen LogP contribution >= 0.6 is 27.5 Å². The largest absolute Gasteiger partial charge is 0.488 e. The minimum Gasteiger partial charge on any atom is -0.488 e. The van der Waals surface area contributed by atoms with Crippen molar-refractivity contribution in [3.63, 3.8) is 0 Å². The molecular weight excluding hydrogens is 506 g/mol. The molecule has 0 fully saturated rings. The van der Waals surface area contributed by atoms with Gasteiger partial charge in [-0.3, -0.25) is 4.79 Å². The molecule has 31 heavy (non-hydrogen) atoms. The van der Waals surface area contributed by atoms with E-state index in [0.29, 0.717) is 30.3 Å². The van der Waals surface area contributed by atoms with Crippen LogP contribution in [0.3, 0.4) is 0 Å². The van der Waals surface area contributed by atoms with Crippen LogP contribution in [0.2, 0.25) is 0 Å². The van der Waals surface area contributed by atoms with Gasteiger partial charge in [0.1, 0.15) is 23.1 Å². The highest BCUT2D eigenvalue weighted by Gasteiger charge is 2.25. The Morgan fingerprint density at radius 3 is 2.61 bits per heavy atom. The highest BCUT2D eigenvalue weighted by Crippen LogP contribution is 2.30. The van der Waals surface area contributed by atoms with E-state index in [9.17, 15) is 13.2 Å². The number of ether oxygens (including phenoxy) is 1. The number of amides is 1. The van der Waals surface area contributed by atoms with Crippen molar-refractivity contribution in [2.75, 3.05) is 23.8 Å². The first-order valence-electron chi connectivity index (χ1n) is 9.61. The second-order valence-electron chi connectivity index (χ2n) is 6.80. The van der Waals surface area contributed by atoms with Crippen molar-refractivity contribution < 1.29 is 17.9 Å². The third-order valence-electron chi connectivity index (χ3n) is 4.37. The van der Waals surface area contributed by atoms with Gasteiger partial charge in [0.2, 0.25) is 5.91 Å². The summed E-state index contributed by atoms with van der Waals surface area (Å²) in [6.07, 6.45) is 1.72. The predicted octanol–water partition coefficient (Wildman–Crippen LogP) is 4.28. The van der Waals surface area contributed by atoms with E-state index in [1.54, 1.807) is 17.9 Å². The summed E-state index contributed by atoms with van der Waals surface area (Å²) in [5, 5.41) is 0.359. The Balaban J connectivity index is 2.53. The van der Waals surface area contributed by atoms with Crippen LogP contribution in [-0.2, 0) is 16.4 Å². The van der Waals surface area contributed by atoms with Crippen molar-refractivity contribution in [3.8, 4) is 5.75 Å². The number of nitrogens with two attached hydrogens (primary N) is 1. The molecule has 10 heteroatoms. The number of pyridine rings is 1. The van der Waals surface area contributed by atoms with Gasteiger partial charge >= 0.3 is 0 Å². The summed E-state index contributed by atoms with van der Waals surface area (Å²) in [6.45, 7) is 8.21. The third-order valence-corrected chi connectivity index (χ3v) is 6.89. The minimum atomic E-state index is -3.67. The molecule has 0 aliphatic heterocycles. The zero-order chi connectivity index (χ0) is 23.2. The van der Waals surface area contributed by atoms with E-state index >= 15 is 0 Å². The molecule has 168 valence electrons. The molecule has 2 aromatic rings. The number of sulfone groups is 1. The van der Waals surface area contributed by atoms with Gasteiger partial charge in [0.05, 0.1) is 11.3 Å². The Morgan fingerprint density at radius 2 is 2.03 bits per heavy atom. The zero-order valence-electron chi connectivity index (χ0n) is 17.4. The van der Waals surface area contributed by atoms with Crippen molar-refractivity contribution in [2.45, 2.75) is 31.7 Å². The molecule has 7 nitrogen and oxygen atoms in total. The summed E-state index contributed by atoms with van der Waals surface area (Å²) < 4.78 is 32.4. The van der Waals surface area contributed by atoms with E-state index in [1.165, 1.54) is 12.3 Å². The number of hydrogen-bond acceptors (Lipinski definition) is 6. The first-order valence-corrected chi connectivity index (χ1v) is 12.4. The summed E-state index contributed by atoms with van der Waals surface area (Å²) in [7, 11) is -3.67. The molecule has 1 aromatic carbocycles. The number of benzene rings is 1. The summed E-state index contributed by atoms with van der Waals surface area (Å²) in [4.78, 5) is 17.7. The Labute approximate surface area is 196 Å². The highest BCUT2D eigenvalue weighted by atomic mass is 79.9. The number of anilines is 1. The van der Waals surface area contributed by atoms with Gasteiger partial charge in [-0.05, 0) is 37.6 Å². The Kier molecular flexibility index (Phi) is 8.90. The Hall–Kier alpha value is -2.10. The average Bonchev–Trinajstić information content (AvgIpc) is 2.70. The number of carbonyl (C=O) groups excluding carboxylic acids is 1. The lowest BCUT2D eigenvalue weighted by Gasteiger charge is -2.26. The van der Waals surface area contributed by atoms with Crippen molar-refractivity contribution in [1.82, 2.24) is 4.98 Å². The molecule has 2 rings (SSSR count). The predicted molar refractivity (Wildman–Crippen MR) is 126 cm³/mol. The first kappa shape index (κ1) is 25.2. The molecule has 0 saturated heterocycles. The number of carbonyl (C=O) groups is 1. The van der Waals surface area contributed by atoms with Crippen molar-refractivity contribution in [3.05, 3.63) is 57.7 Å². The standard InChI is InChI=1S/C21H25BrClN3O4S/c1-4-8-31(28,29)19-10-15(20(24)27)11-25-21(19)26(5-2)12-16-9-17(22)6-7-18(16)30-13-14(3)23/h6-7,9-11H,3-5,8,12-13H2,1-2H3,(H2,24,27). The monoisotopic (exact) mass is 529 g/mol. The van der Waals surface area contributed by atoms with Gasteiger partial charge in [0.25, 0.3) is 0 Å². The lowest BCUT2D eigenvalue weighted by Crippen LogP contribution is -2.27. The number of aromatic nitrogens is 1. The number of primary amides is 1. The minimum absolute atomic E-state index is 0.0147. The molecular formula is C21H25BrClN3O4S. The number of rotatable bonds is 11. The molecule has 1 aromatic heterocycles. The molecule has 1 amide bonds. The van der Waals surface area contributed by atoms with Crippen LogP contribution in [0, 0.1) is 0 Å². The normalized spacial score (nSPS) is 11.2. The third kappa shape index (κ3) is 6.69. The van der Waals surface area contributed by atoms with E-state index in [0.717, 1.165) is 10.0 Å². The fraction of sp³-hybridized carbons (Fsp3) is 0.333. The Morgan fingerprint density at radius 1 is 1.32 bits per heavy atom. The van der Waals surface area contributed by atoms with Crippen LogP contribution in [0.15, 0.2) is 51.4 Å². The average molecular weight is 531 g/mol. The van der Waals surface area contributed by atoms with Crippen LogP contribution < -0.4 is 15.4 Å². The number of hydrogen-bond donors (Lipinski definition) is 1. The maximum Gasteiger partial charge on any atom is 0.250 e. The van der Waals surface area contributed by atoms with Crippen LogP contribution in [0.1, 0.15) is 36.2 Å². The van der Waals surface area contributed by atoms with Crippen molar-refractivity contribution in [1.29, 1.82) is 0 Å². The number of nitrogens with zero attached hydrogens (tertiary/aromatic N) is 2. The van der Waals surface area contributed by atoms with E-state index in [4.69, 9.17) is 22.1 Å². The van der Waals surface area contributed by atoms with E-state index < -0.39 is 15.7 Å². The fourth-order valence-corrected chi connectivity index (χ4v) is 4.91. The van der Waals surface area contributed by atoms with Gasteiger partial charge in [0, 0.05) is 34.4 Å². The lowest BCUT2D eigenvalue weighted by molar-refractivity contribution is 0.0999. The maximum atomic E-state index is 12.9. The van der Waals surface area contributed by atoms with Crippen molar-refractivity contribution in [2.24, 2.45) is 5.73 Å². The second kappa shape index (κ2) is 11.0. The van der Waals surface area contributed by atoms with Gasteiger partial charge < -0.3 is 15.4 Å². The summed E-state index contributed by atoms with van der Waals surface area (Å²) in [6, 6.07) is 6.82. The van der Waals surface area contributed by atoms with Gasteiger partial charge in [-0.15, -0.1) is 0 Å². The molecule has 1 heterocycles. The summed E-state index contributed by atoms with van der Waals surface area (Å²) in [5.41, 5.74) is 6.19. The molecule has 0 aliphatic carbocycles. The second-order valence-corrected chi connectivity index (χ2v) is 10.3. The topological polar surface area (TPSA) is 103 Å². The van der Waals surface area contributed by atoms with E-state index in [2.05, 4.69) is 27.5 Å². The lowest BCUT2D eigenvalue weighted by atomic mass is 10.2. The molecule has 0 saturated carbocycles. The molecule has 0 bridgehead atoms. The Bertz CT molecular complexity index is 1080. The highest BCUT2D eigenvalue weighted by molar-refractivity contribution is 9.10. The SMILES string of the molecule is C=C(Cl)COc1ccc(Br)cc1CN(CC)c1ncc(C(N)=O)cc1S(=O)(=O)CCC. The summed E-state index contributed by atoms with van der Waals surface area (Å²) in [5.74, 6) is 0.0488. The molecule has 0 spiro atoms. The van der Waals surface area contributed by atoms with E-state index in [1.807, 2.05) is 19.1 Å².